The van der Waals surface area contributed by atoms with Gasteiger partial charge in [-0.3, -0.25) is 0 Å². The van der Waals surface area contributed by atoms with Crippen LogP contribution in [0.3, 0.4) is 0 Å². The first kappa shape index (κ1) is 13.9. The minimum atomic E-state index is -3.67. The van der Waals surface area contributed by atoms with Gasteiger partial charge in [0.05, 0.1) is 16.7 Å². The Labute approximate surface area is 123 Å². The number of hydrogen-bond donors (Lipinski definition) is 1. The maximum atomic E-state index is 12.5. The summed E-state index contributed by atoms with van der Waals surface area (Å²) in [5.74, 6) is 0.936. The normalized spacial score (nSPS) is 19.1. The van der Waals surface area contributed by atoms with E-state index in [1.165, 1.54) is 18.2 Å². The SMILES string of the molecule is N#Cc1ccc(Cl)c(S(=O)(=O)NC(C2CC2)C2CC2)c1. The van der Waals surface area contributed by atoms with Crippen LogP contribution in [-0.2, 0) is 10.0 Å². The van der Waals surface area contributed by atoms with Crippen LogP contribution in [0.4, 0.5) is 0 Å². The van der Waals surface area contributed by atoms with E-state index in [1.54, 1.807) is 0 Å². The average Bonchev–Trinajstić information content (AvgIpc) is 3.29. The van der Waals surface area contributed by atoms with Gasteiger partial charge in [0, 0.05) is 6.04 Å². The summed E-state index contributed by atoms with van der Waals surface area (Å²) >= 11 is 5.98. The van der Waals surface area contributed by atoms with Crippen LogP contribution < -0.4 is 4.72 Å². The minimum Gasteiger partial charge on any atom is -0.207 e. The fourth-order valence-corrected chi connectivity index (χ4v) is 4.41. The first-order chi connectivity index (χ1) is 9.51. The van der Waals surface area contributed by atoms with Gasteiger partial charge in [-0.25, -0.2) is 13.1 Å². The summed E-state index contributed by atoms with van der Waals surface area (Å²) in [6.07, 6.45) is 4.37. The third-order valence-corrected chi connectivity index (χ3v) is 5.84. The number of nitrogens with one attached hydrogen (secondary N) is 1. The zero-order valence-electron chi connectivity index (χ0n) is 10.8. The zero-order chi connectivity index (χ0) is 14.3. The number of nitrogens with zero attached hydrogens (tertiary/aromatic N) is 1. The summed E-state index contributed by atoms with van der Waals surface area (Å²) < 4.78 is 27.8. The van der Waals surface area contributed by atoms with E-state index in [0.717, 1.165) is 25.7 Å². The summed E-state index contributed by atoms with van der Waals surface area (Å²) in [6.45, 7) is 0. The van der Waals surface area contributed by atoms with Gasteiger partial charge in [0.2, 0.25) is 10.0 Å². The molecule has 3 rings (SSSR count). The molecular formula is C14H15ClN2O2S. The van der Waals surface area contributed by atoms with Crippen LogP contribution in [0.15, 0.2) is 23.1 Å². The van der Waals surface area contributed by atoms with Gasteiger partial charge < -0.3 is 0 Å². The van der Waals surface area contributed by atoms with Gasteiger partial charge in [-0.05, 0) is 55.7 Å². The molecule has 0 unspecified atom stereocenters. The highest BCUT2D eigenvalue weighted by atomic mass is 35.5. The monoisotopic (exact) mass is 310 g/mol. The molecule has 1 aromatic rings. The van der Waals surface area contributed by atoms with E-state index in [4.69, 9.17) is 16.9 Å². The molecule has 6 heteroatoms. The van der Waals surface area contributed by atoms with Crippen molar-refractivity contribution in [1.82, 2.24) is 4.72 Å². The highest BCUT2D eigenvalue weighted by molar-refractivity contribution is 7.89. The van der Waals surface area contributed by atoms with E-state index in [2.05, 4.69) is 4.72 Å². The standard InChI is InChI=1S/C14H15ClN2O2S/c15-12-6-1-9(8-16)7-13(12)20(18,19)17-14(10-2-3-10)11-4-5-11/h1,6-7,10-11,14,17H,2-5H2. The molecule has 0 radical (unpaired) electrons. The van der Waals surface area contributed by atoms with E-state index < -0.39 is 10.0 Å². The summed E-state index contributed by atoms with van der Waals surface area (Å²) in [5, 5.41) is 9.04. The average molecular weight is 311 g/mol. The fraction of sp³-hybridized carbons (Fsp3) is 0.500. The van der Waals surface area contributed by atoms with Crippen LogP contribution in [0.25, 0.3) is 0 Å². The third kappa shape index (κ3) is 2.83. The van der Waals surface area contributed by atoms with Crippen molar-refractivity contribution < 1.29 is 8.42 Å². The van der Waals surface area contributed by atoms with Crippen molar-refractivity contribution in [3.8, 4) is 6.07 Å². The van der Waals surface area contributed by atoms with Gasteiger partial charge in [0.1, 0.15) is 4.90 Å². The van der Waals surface area contributed by atoms with Crippen molar-refractivity contribution in [3.63, 3.8) is 0 Å². The lowest BCUT2D eigenvalue weighted by Gasteiger charge is -2.18. The number of sulfonamides is 1. The number of hydrogen-bond acceptors (Lipinski definition) is 3. The molecule has 2 aliphatic rings. The summed E-state index contributed by atoms with van der Waals surface area (Å²) in [7, 11) is -3.67. The van der Waals surface area contributed by atoms with Crippen molar-refractivity contribution in [2.45, 2.75) is 36.6 Å². The molecule has 2 fully saturated rings. The van der Waals surface area contributed by atoms with Crippen molar-refractivity contribution in [1.29, 1.82) is 5.26 Å². The van der Waals surface area contributed by atoms with Crippen LogP contribution in [-0.4, -0.2) is 14.5 Å². The second-order valence-electron chi connectivity index (χ2n) is 5.58. The van der Waals surface area contributed by atoms with Gasteiger partial charge in [0.25, 0.3) is 0 Å². The number of rotatable bonds is 5. The molecule has 0 aromatic heterocycles. The molecule has 20 heavy (non-hydrogen) atoms. The predicted molar refractivity (Wildman–Crippen MR) is 75.7 cm³/mol. The highest BCUT2D eigenvalue weighted by Gasteiger charge is 2.43. The molecule has 4 nitrogen and oxygen atoms in total. The molecule has 106 valence electrons. The summed E-state index contributed by atoms with van der Waals surface area (Å²) in [6, 6.07) is 6.27. The Hall–Kier alpha value is -1.09. The smallest absolute Gasteiger partial charge is 0.207 e. The molecule has 0 spiro atoms. The minimum absolute atomic E-state index is 0.00418. The van der Waals surface area contributed by atoms with Crippen LogP contribution in [0.1, 0.15) is 31.2 Å². The van der Waals surface area contributed by atoms with E-state index >= 15 is 0 Å². The Balaban J connectivity index is 1.89. The van der Waals surface area contributed by atoms with E-state index in [1.807, 2.05) is 6.07 Å². The topological polar surface area (TPSA) is 70.0 Å². The molecular weight excluding hydrogens is 296 g/mol. The van der Waals surface area contributed by atoms with Crippen LogP contribution >= 0.6 is 11.6 Å². The van der Waals surface area contributed by atoms with Gasteiger partial charge in [0.15, 0.2) is 0 Å². The Morgan fingerprint density at radius 1 is 1.25 bits per heavy atom. The lowest BCUT2D eigenvalue weighted by molar-refractivity contribution is 0.471. The lowest BCUT2D eigenvalue weighted by Crippen LogP contribution is -2.38. The van der Waals surface area contributed by atoms with Gasteiger partial charge in [-0.2, -0.15) is 5.26 Å². The van der Waals surface area contributed by atoms with Gasteiger partial charge in [-0.15, -0.1) is 0 Å². The molecule has 1 aromatic carbocycles. The number of nitriles is 1. The Morgan fingerprint density at radius 2 is 1.85 bits per heavy atom. The number of halogens is 1. The van der Waals surface area contributed by atoms with Crippen molar-refractivity contribution in [2.24, 2.45) is 11.8 Å². The Morgan fingerprint density at radius 3 is 2.35 bits per heavy atom. The second-order valence-corrected chi connectivity index (χ2v) is 7.67. The van der Waals surface area contributed by atoms with Gasteiger partial charge in [-0.1, -0.05) is 11.6 Å². The van der Waals surface area contributed by atoms with Crippen molar-refractivity contribution in [2.75, 3.05) is 0 Å². The van der Waals surface area contributed by atoms with E-state index in [0.29, 0.717) is 17.4 Å². The zero-order valence-corrected chi connectivity index (χ0v) is 12.4. The first-order valence-electron chi connectivity index (χ1n) is 6.73. The van der Waals surface area contributed by atoms with E-state index in [-0.39, 0.29) is 16.0 Å². The maximum Gasteiger partial charge on any atom is 0.242 e. The molecule has 0 bridgehead atoms. The molecule has 0 atom stereocenters. The molecule has 0 saturated heterocycles. The van der Waals surface area contributed by atoms with E-state index in [9.17, 15) is 8.42 Å². The van der Waals surface area contributed by atoms with Crippen molar-refractivity contribution >= 4 is 21.6 Å². The molecule has 0 heterocycles. The summed E-state index contributed by atoms with van der Waals surface area (Å²) in [4.78, 5) is 0.00418. The number of benzene rings is 1. The fourth-order valence-electron chi connectivity index (χ4n) is 2.51. The van der Waals surface area contributed by atoms with Crippen molar-refractivity contribution in [3.05, 3.63) is 28.8 Å². The van der Waals surface area contributed by atoms with Gasteiger partial charge >= 0.3 is 0 Å². The van der Waals surface area contributed by atoms with Crippen LogP contribution in [0.2, 0.25) is 5.02 Å². The van der Waals surface area contributed by atoms with Crippen LogP contribution in [0, 0.1) is 23.2 Å². The molecule has 2 aliphatic carbocycles. The van der Waals surface area contributed by atoms with Crippen LogP contribution in [0.5, 0.6) is 0 Å². The second kappa shape index (κ2) is 5.03. The molecule has 0 amide bonds. The Kier molecular flexibility index (Phi) is 3.49. The maximum absolute atomic E-state index is 12.5. The summed E-state index contributed by atoms with van der Waals surface area (Å²) in [5.41, 5.74) is 0.296. The highest BCUT2D eigenvalue weighted by Crippen LogP contribution is 2.45. The molecule has 1 N–H and O–H groups in total. The molecule has 2 saturated carbocycles. The quantitative estimate of drug-likeness (QED) is 0.909. The predicted octanol–water partition coefficient (Wildman–Crippen LogP) is 2.68. The molecule has 0 aliphatic heterocycles. The largest absolute Gasteiger partial charge is 0.242 e. The third-order valence-electron chi connectivity index (χ3n) is 3.90. The lowest BCUT2D eigenvalue weighted by atomic mass is 10.1. The first-order valence-corrected chi connectivity index (χ1v) is 8.59. The Bertz CT molecular complexity index is 661.